The number of amides is 2. The Morgan fingerprint density at radius 1 is 1.14 bits per heavy atom. The molecule has 1 heterocycles. The van der Waals surface area contributed by atoms with Crippen LogP contribution in [0.25, 0.3) is 6.08 Å². The van der Waals surface area contributed by atoms with Crippen molar-refractivity contribution in [2.24, 2.45) is 0 Å². The van der Waals surface area contributed by atoms with Gasteiger partial charge in [-0.1, -0.05) is 41.9 Å². The van der Waals surface area contributed by atoms with Crippen LogP contribution in [0.2, 0.25) is 5.02 Å². The van der Waals surface area contributed by atoms with Crippen LogP contribution in [0.1, 0.15) is 18.4 Å². The first-order valence-electron chi connectivity index (χ1n) is 9.26. The van der Waals surface area contributed by atoms with Crippen LogP contribution in [0.3, 0.4) is 0 Å². The maximum Gasteiger partial charge on any atom is 0.266 e. The van der Waals surface area contributed by atoms with Crippen molar-refractivity contribution in [1.29, 1.82) is 5.26 Å². The number of nitrogens with one attached hydrogen (secondary N) is 1. The predicted molar refractivity (Wildman–Crippen MR) is 111 cm³/mol. The first-order chi connectivity index (χ1) is 14.1. The highest BCUT2D eigenvalue weighted by Gasteiger charge is 2.19. The molecule has 0 atom stereocenters. The number of rotatable bonds is 6. The second-order valence-corrected chi connectivity index (χ2v) is 6.93. The van der Waals surface area contributed by atoms with E-state index in [1.807, 2.05) is 6.07 Å². The van der Waals surface area contributed by atoms with Gasteiger partial charge in [-0.2, -0.15) is 5.26 Å². The molecular formula is C22H20ClN3O3. The maximum absolute atomic E-state index is 12.5. The molecule has 29 heavy (non-hydrogen) atoms. The zero-order valence-electron chi connectivity index (χ0n) is 15.7. The lowest BCUT2D eigenvalue weighted by Crippen LogP contribution is -2.32. The lowest BCUT2D eigenvalue weighted by molar-refractivity contribution is -0.132. The Bertz CT molecular complexity index is 975. The number of nitriles is 1. The largest absolute Gasteiger partial charge is 0.483 e. The summed E-state index contributed by atoms with van der Waals surface area (Å²) in [5, 5.41) is 12.4. The number of para-hydroxylation sites is 2. The number of halogens is 1. The Morgan fingerprint density at radius 2 is 1.83 bits per heavy atom. The lowest BCUT2D eigenvalue weighted by atomic mass is 10.1. The van der Waals surface area contributed by atoms with Gasteiger partial charge in [-0.3, -0.25) is 9.59 Å². The summed E-state index contributed by atoms with van der Waals surface area (Å²) < 4.78 is 5.68. The second kappa shape index (κ2) is 9.76. The molecule has 7 heteroatoms. The Morgan fingerprint density at radius 3 is 2.55 bits per heavy atom. The molecule has 0 saturated carbocycles. The highest BCUT2D eigenvalue weighted by Crippen LogP contribution is 2.24. The van der Waals surface area contributed by atoms with Gasteiger partial charge in [-0.05, 0) is 37.1 Å². The molecule has 0 radical (unpaired) electrons. The lowest BCUT2D eigenvalue weighted by Gasteiger charge is -2.16. The van der Waals surface area contributed by atoms with Crippen LogP contribution in [0.5, 0.6) is 5.75 Å². The fraction of sp³-hybridized carbons (Fsp3) is 0.227. The quantitative estimate of drug-likeness (QED) is 0.579. The summed E-state index contributed by atoms with van der Waals surface area (Å²) in [6.07, 6.45) is 3.45. The van der Waals surface area contributed by atoms with Crippen LogP contribution in [0.4, 0.5) is 5.69 Å². The molecule has 0 aromatic heterocycles. The average molecular weight is 410 g/mol. The van der Waals surface area contributed by atoms with Gasteiger partial charge in [0.25, 0.3) is 11.8 Å². The Labute approximate surface area is 174 Å². The Balaban J connectivity index is 1.73. The summed E-state index contributed by atoms with van der Waals surface area (Å²) in [7, 11) is 0. The number of carbonyl (C=O) groups excluding carboxylic acids is 2. The second-order valence-electron chi connectivity index (χ2n) is 6.52. The summed E-state index contributed by atoms with van der Waals surface area (Å²) in [5.41, 5.74) is 0.848. The molecule has 2 aromatic rings. The number of carbonyl (C=O) groups is 2. The van der Waals surface area contributed by atoms with Gasteiger partial charge in [0.2, 0.25) is 0 Å². The summed E-state index contributed by atoms with van der Waals surface area (Å²) in [6, 6.07) is 15.6. The topological polar surface area (TPSA) is 82.4 Å². The van der Waals surface area contributed by atoms with Crippen LogP contribution in [-0.2, 0) is 9.59 Å². The van der Waals surface area contributed by atoms with Crippen LogP contribution < -0.4 is 10.1 Å². The maximum atomic E-state index is 12.5. The minimum Gasteiger partial charge on any atom is -0.483 e. The van der Waals surface area contributed by atoms with Crippen LogP contribution in [-0.4, -0.2) is 36.4 Å². The monoisotopic (exact) mass is 409 g/mol. The van der Waals surface area contributed by atoms with E-state index in [0.717, 1.165) is 25.9 Å². The van der Waals surface area contributed by atoms with Crippen molar-refractivity contribution < 1.29 is 14.3 Å². The van der Waals surface area contributed by atoms with Gasteiger partial charge in [0.05, 0.1) is 10.7 Å². The molecule has 2 aromatic carbocycles. The highest BCUT2D eigenvalue weighted by atomic mass is 35.5. The van der Waals surface area contributed by atoms with E-state index in [-0.39, 0.29) is 18.1 Å². The molecule has 148 valence electrons. The third kappa shape index (κ3) is 5.37. The minimum atomic E-state index is -0.580. The molecular weight excluding hydrogens is 390 g/mol. The van der Waals surface area contributed by atoms with E-state index in [4.69, 9.17) is 16.3 Å². The normalized spacial score (nSPS) is 13.7. The van der Waals surface area contributed by atoms with E-state index >= 15 is 0 Å². The van der Waals surface area contributed by atoms with Crippen molar-refractivity contribution in [3.05, 3.63) is 64.7 Å². The summed E-state index contributed by atoms with van der Waals surface area (Å²) >= 11 is 6.05. The number of hydrogen-bond donors (Lipinski definition) is 1. The van der Waals surface area contributed by atoms with Gasteiger partial charge in [-0.25, -0.2) is 0 Å². The number of likely N-dealkylation sites (tertiary alicyclic amines) is 1. The first-order valence-corrected chi connectivity index (χ1v) is 9.63. The zero-order chi connectivity index (χ0) is 20.6. The van der Waals surface area contributed by atoms with E-state index in [9.17, 15) is 14.9 Å². The molecule has 1 fully saturated rings. The molecule has 1 N–H and O–H groups in total. The van der Waals surface area contributed by atoms with E-state index < -0.39 is 5.91 Å². The molecule has 3 rings (SSSR count). The van der Waals surface area contributed by atoms with Crippen molar-refractivity contribution in [1.82, 2.24) is 4.90 Å². The van der Waals surface area contributed by atoms with Crippen LogP contribution >= 0.6 is 11.6 Å². The average Bonchev–Trinajstić information content (AvgIpc) is 3.27. The van der Waals surface area contributed by atoms with Crippen molar-refractivity contribution in [3.63, 3.8) is 0 Å². The molecule has 6 nitrogen and oxygen atoms in total. The fourth-order valence-corrected chi connectivity index (χ4v) is 3.17. The summed E-state index contributed by atoms with van der Waals surface area (Å²) in [4.78, 5) is 26.5. The Kier molecular flexibility index (Phi) is 6.88. The third-order valence-corrected chi connectivity index (χ3v) is 4.85. The summed E-state index contributed by atoms with van der Waals surface area (Å²) in [5.74, 6) is -0.222. The van der Waals surface area contributed by atoms with Crippen LogP contribution in [0.15, 0.2) is 54.1 Å². The molecule has 0 aliphatic carbocycles. The fourth-order valence-electron chi connectivity index (χ4n) is 2.98. The van der Waals surface area contributed by atoms with Crippen molar-refractivity contribution in [3.8, 4) is 11.8 Å². The van der Waals surface area contributed by atoms with Crippen molar-refractivity contribution in [2.45, 2.75) is 12.8 Å². The molecule has 0 unspecified atom stereocenters. The van der Waals surface area contributed by atoms with Gasteiger partial charge in [0, 0.05) is 18.7 Å². The molecule has 0 bridgehead atoms. The molecule has 1 aliphatic rings. The van der Waals surface area contributed by atoms with Gasteiger partial charge in [-0.15, -0.1) is 0 Å². The van der Waals surface area contributed by atoms with E-state index in [2.05, 4.69) is 5.32 Å². The first kappa shape index (κ1) is 20.4. The predicted octanol–water partition coefficient (Wildman–Crippen LogP) is 3.89. The van der Waals surface area contributed by atoms with E-state index in [0.29, 0.717) is 22.0 Å². The van der Waals surface area contributed by atoms with Gasteiger partial charge in [0.15, 0.2) is 6.61 Å². The van der Waals surface area contributed by atoms with Crippen molar-refractivity contribution >= 4 is 35.2 Å². The SMILES string of the molecule is N#C/C(=C\c1ccccc1OCC(=O)N1CCCC1)C(=O)Nc1ccccc1Cl. The number of anilines is 1. The third-order valence-electron chi connectivity index (χ3n) is 4.52. The molecule has 1 saturated heterocycles. The number of nitrogens with zero attached hydrogens (tertiary/aromatic N) is 2. The minimum absolute atomic E-state index is 0.0711. The number of ether oxygens (including phenoxy) is 1. The van der Waals surface area contributed by atoms with Crippen molar-refractivity contribution in [2.75, 3.05) is 25.0 Å². The van der Waals surface area contributed by atoms with E-state index in [1.54, 1.807) is 53.4 Å². The standard InChI is InChI=1S/C22H20ClN3O3/c23-18-8-2-3-9-19(18)25-22(28)17(14-24)13-16-7-1-4-10-20(16)29-15-21(27)26-11-5-6-12-26/h1-4,7-10,13H,5-6,11-12,15H2,(H,25,28)/b17-13+. The number of benzene rings is 2. The molecule has 0 spiro atoms. The van der Waals surface area contributed by atoms with Gasteiger partial charge >= 0.3 is 0 Å². The summed E-state index contributed by atoms with van der Waals surface area (Å²) in [6.45, 7) is 1.42. The Hall–Kier alpha value is -3.30. The van der Waals surface area contributed by atoms with Crippen LogP contribution in [0, 0.1) is 11.3 Å². The smallest absolute Gasteiger partial charge is 0.266 e. The number of hydrogen-bond acceptors (Lipinski definition) is 4. The molecule has 2 amide bonds. The zero-order valence-corrected chi connectivity index (χ0v) is 16.5. The van der Waals surface area contributed by atoms with E-state index in [1.165, 1.54) is 6.08 Å². The van der Waals surface area contributed by atoms with Gasteiger partial charge < -0.3 is 15.0 Å². The van der Waals surface area contributed by atoms with Gasteiger partial charge in [0.1, 0.15) is 17.4 Å². The highest BCUT2D eigenvalue weighted by molar-refractivity contribution is 6.34. The molecule has 1 aliphatic heterocycles.